The molecule has 0 aromatic rings. The standard InChI is InChI=1S/C36H61O17P/c1-9-15-19-29(39)44-23-26-33(48-30(40)20-16-10-2)34(49-31(41)21-17-11-3)35(50-32(42)22-18-12-4)36(47-26)53-54(43,51-24(7)45-27(37)13-5)52-25(8)46-28(38)14-6/h24-26,33-36H,9-23H2,1-8H3/t24?,25?,26-,33-,34+,35+,36-,54?/m1/s1. The summed E-state index contributed by atoms with van der Waals surface area (Å²) in [5.74, 6) is -4.30. The Morgan fingerprint density at radius 1 is 0.556 bits per heavy atom. The molecular weight excluding hydrogens is 735 g/mol. The zero-order valence-corrected chi connectivity index (χ0v) is 33.9. The van der Waals surface area contributed by atoms with E-state index in [0.717, 1.165) is 0 Å². The summed E-state index contributed by atoms with van der Waals surface area (Å²) in [7, 11) is -5.08. The lowest BCUT2D eigenvalue weighted by Gasteiger charge is -2.44. The van der Waals surface area contributed by atoms with Gasteiger partial charge in [0.25, 0.3) is 0 Å². The quantitative estimate of drug-likeness (QED) is 0.0375. The van der Waals surface area contributed by atoms with Crippen LogP contribution in [0.15, 0.2) is 0 Å². The molecule has 1 aliphatic heterocycles. The first kappa shape index (κ1) is 48.9. The van der Waals surface area contributed by atoms with Gasteiger partial charge in [0.05, 0.1) is 0 Å². The van der Waals surface area contributed by atoms with Crippen molar-refractivity contribution < 1.29 is 80.1 Å². The normalized spacial score (nSPS) is 21.8. The smallest absolute Gasteiger partial charge is 0.463 e. The van der Waals surface area contributed by atoms with Gasteiger partial charge in [0.2, 0.25) is 18.9 Å². The highest BCUT2D eigenvalue weighted by Gasteiger charge is 2.56. The molecule has 1 heterocycles. The maximum Gasteiger partial charge on any atom is 0.483 e. The molecule has 0 radical (unpaired) electrons. The summed E-state index contributed by atoms with van der Waals surface area (Å²) >= 11 is 0. The average Bonchev–Trinajstić information content (AvgIpc) is 3.12. The molecule has 18 heteroatoms. The van der Waals surface area contributed by atoms with Crippen LogP contribution in [-0.4, -0.2) is 85.7 Å². The molecule has 1 rings (SSSR count). The number of phosphoric ester groups is 1. The lowest BCUT2D eigenvalue weighted by molar-refractivity contribution is -0.295. The second kappa shape index (κ2) is 26.7. The molecule has 0 aromatic carbocycles. The number of hydrogen-bond donors (Lipinski definition) is 0. The fourth-order valence-electron chi connectivity index (χ4n) is 4.81. The summed E-state index contributed by atoms with van der Waals surface area (Å²) in [6, 6.07) is 0. The molecule has 1 fully saturated rings. The van der Waals surface area contributed by atoms with Crippen LogP contribution >= 0.6 is 7.82 Å². The van der Waals surface area contributed by atoms with Crippen LogP contribution < -0.4 is 0 Å². The molecule has 312 valence electrons. The molecule has 0 saturated carbocycles. The number of unbranched alkanes of at least 4 members (excludes halogenated alkanes) is 4. The number of esters is 6. The van der Waals surface area contributed by atoms with Gasteiger partial charge in [-0.2, -0.15) is 0 Å². The third-order valence-corrected chi connectivity index (χ3v) is 9.28. The van der Waals surface area contributed by atoms with Crippen molar-refractivity contribution in [3.8, 4) is 0 Å². The van der Waals surface area contributed by atoms with Crippen LogP contribution in [0, 0.1) is 0 Å². The minimum absolute atomic E-state index is 0.0208. The molecule has 0 spiro atoms. The van der Waals surface area contributed by atoms with Crippen molar-refractivity contribution in [2.24, 2.45) is 0 Å². The van der Waals surface area contributed by atoms with Gasteiger partial charge in [0, 0.05) is 38.5 Å². The molecule has 0 N–H and O–H groups in total. The lowest BCUT2D eigenvalue weighted by atomic mass is 9.98. The van der Waals surface area contributed by atoms with Crippen LogP contribution in [0.5, 0.6) is 0 Å². The van der Waals surface area contributed by atoms with Crippen molar-refractivity contribution in [2.45, 2.75) is 189 Å². The summed E-state index contributed by atoms with van der Waals surface area (Å²) in [6.07, 6.45) is -7.27. The topological polar surface area (TPSA) is 212 Å². The maximum atomic E-state index is 14.4. The Kier molecular flexibility index (Phi) is 24.1. The van der Waals surface area contributed by atoms with Gasteiger partial charge in [-0.1, -0.05) is 67.2 Å². The predicted octanol–water partition coefficient (Wildman–Crippen LogP) is 6.51. The molecule has 0 amide bonds. The molecule has 7 atom stereocenters. The third-order valence-electron chi connectivity index (χ3n) is 7.70. The summed E-state index contributed by atoms with van der Waals surface area (Å²) < 4.78 is 70.6. The molecule has 17 nitrogen and oxygen atoms in total. The Morgan fingerprint density at radius 3 is 1.35 bits per heavy atom. The lowest BCUT2D eigenvalue weighted by Crippen LogP contribution is -2.63. The van der Waals surface area contributed by atoms with E-state index in [1.807, 2.05) is 27.7 Å². The van der Waals surface area contributed by atoms with Gasteiger partial charge in [-0.3, -0.25) is 33.3 Å². The fraction of sp³-hybridized carbons (Fsp3) is 0.833. The van der Waals surface area contributed by atoms with Gasteiger partial charge in [-0.25, -0.2) is 13.6 Å². The van der Waals surface area contributed by atoms with Gasteiger partial charge >= 0.3 is 43.6 Å². The van der Waals surface area contributed by atoms with E-state index in [9.17, 15) is 33.3 Å². The number of ether oxygens (including phenoxy) is 7. The number of carbonyl (C=O) groups excluding carboxylic acids is 6. The summed E-state index contributed by atoms with van der Waals surface area (Å²) in [5, 5.41) is 0. The van der Waals surface area contributed by atoms with Crippen LogP contribution in [0.1, 0.15) is 145 Å². The maximum absolute atomic E-state index is 14.4. The van der Waals surface area contributed by atoms with Crippen LogP contribution in [0.3, 0.4) is 0 Å². The first-order valence-corrected chi connectivity index (χ1v) is 20.5. The Labute approximate surface area is 318 Å². The van der Waals surface area contributed by atoms with Crippen molar-refractivity contribution in [2.75, 3.05) is 6.61 Å². The minimum atomic E-state index is -5.08. The van der Waals surface area contributed by atoms with Gasteiger partial charge in [0.1, 0.15) is 12.7 Å². The summed E-state index contributed by atoms with van der Waals surface area (Å²) in [4.78, 5) is 76.3. The van der Waals surface area contributed by atoms with Crippen molar-refractivity contribution in [1.82, 2.24) is 0 Å². The molecule has 0 aromatic heterocycles. The van der Waals surface area contributed by atoms with E-state index in [0.29, 0.717) is 51.4 Å². The first-order valence-electron chi connectivity index (χ1n) is 19.1. The molecule has 2 unspecified atom stereocenters. The molecule has 1 aliphatic rings. The van der Waals surface area contributed by atoms with E-state index in [4.69, 9.17) is 46.7 Å². The monoisotopic (exact) mass is 796 g/mol. The Hall–Kier alpha value is -3.11. The van der Waals surface area contributed by atoms with E-state index < -0.39 is 93.5 Å². The van der Waals surface area contributed by atoms with Crippen molar-refractivity contribution >= 4 is 43.6 Å². The largest absolute Gasteiger partial charge is 0.483 e. The first-order chi connectivity index (χ1) is 25.6. The Bertz CT molecular complexity index is 1200. The summed E-state index contributed by atoms with van der Waals surface area (Å²) in [6.45, 7) is 12.4. The van der Waals surface area contributed by atoms with E-state index in [2.05, 4.69) is 0 Å². The van der Waals surface area contributed by atoms with Crippen LogP contribution in [0.25, 0.3) is 0 Å². The highest BCUT2D eigenvalue weighted by molar-refractivity contribution is 7.48. The molecule has 1 saturated heterocycles. The van der Waals surface area contributed by atoms with Crippen LogP contribution in [-0.2, 0) is 80.1 Å². The SMILES string of the molecule is CCCCC(=O)OC[C@H]1O[C@H](OP(=O)(OC(C)OC(=O)CC)OC(C)OC(=O)CC)[C@@H](OC(=O)CCCC)[C@@H](OC(=O)CCCC)[C@@H]1OC(=O)CCCC. The average molecular weight is 797 g/mol. The Morgan fingerprint density at radius 2 is 0.944 bits per heavy atom. The number of phosphoric acid groups is 1. The molecule has 0 aliphatic carbocycles. The molecule has 0 bridgehead atoms. The second-order valence-electron chi connectivity index (χ2n) is 12.6. The minimum Gasteiger partial charge on any atom is -0.463 e. The van der Waals surface area contributed by atoms with E-state index in [1.165, 1.54) is 27.7 Å². The van der Waals surface area contributed by atoms with Crippen molar-refractivity contribution in [3.05, 3.63) is 0 Å². The zero-order valence-electron chi connectivity index (χ0n) is 33.0. The highest BCUT2D eigenvalue weighted by atomic mass is 31.2. The second-order valence-corrected chi connectivity index (χ2v) is 14.1. The van der Waals surface area contributed by atoms with Crippen LogP contribution in [0.4, 0.5) is 0 Å². The van der Waals surface area contributed by atoms with Crippen molar-refractivity contribution in [3.63, 3.8) is 0 Å². The number of carbonyl (C=O) groups is 6. The van der Waals surface area contributed by atoms with E-state index in [-0.39, 0.29) is 38.5 Å². The van der Waals surface area contributed by atoms with E-state index in [1.54, 1.807) is 0 Å². The van der Waals surface area contributed by atoms with Gasteiger partial charge in [-0.05, 0) is 39.5 Å². The zero-order chi connectivity index (χ0) is 40.7. The van der Waals surface area contributed by atoms with E-state index >= 15 is 0 Å². The van der Waals surface area contributed by atoms with Crippen LogP contribution in [0.2, 0.25) is 0 Å². The molecule has 54 heavy (non-hydrogen) atoms. The van der Waals surface area contributed by atoms with Crippen molar-refractivity contribution in [1.29, 1.82) is 0 Å². The predicted molar refractivity (Wildman–Crippen MR) is 190 cm³/mol. The highest BCUT2D eigenvalue weighted by Crippen LogP contribution is 2.54. The third kappa shape index (κ3) is 19.0. The van der Waals surface area contributed by atoms with Gasteiger partial charge < -0.3 is 33.2 Å². The fourth-order valence-corrected chi connectivity index (χ4v) is 6.19. The Balaban J connectivity index is 3.88. The molecular formula is C36H61O17P. The number of hydrogen-bond acceptors (Lipinski definition) is 17. The summed E-state index contributed by atoms with van der Waals surface area (Å²) in [5.41, 5.74) is 0. The number of rotatable bonds is 27. The van der Waals surface area contributed by atoms with Gasteiger partial charge in [-0.15, -0.1) is 0 Å². The van der Waals surface area contributed by atoms with Gasteiger partial charge in [0.15, 0.2) is 18.3 Å².